The molecule has 1 aliphatic carbocycles. The first kappa shape index (κ1) is 21.6. The monoisotopic (exact) mass is 446 g/mol. The number of nitrogens with one attached hydrogen (secondary N) is 1. The Labute approximate surface area is 193 Å². The lowest BCUT2D eigenvalue weighted by molar-refractivity contribution is 0.0950. The summed E-state index contributed by atoms with van der Waals surface area (Å²) < 4.78 is 7.89. The molecule has 0 atom stereocenters. The second-order valence-electron chi connectivity index (χ2n) is 9.06. The third-order valence-electron chi connectivity index (χ3n) is 6.70. The molecule has 1 fully saturated rings. The van der Waals surface area contributed by atoms with Crippen LogP contribution in [0.2, 0.25) is 0 Å². The zero-order valence-corrected chi connectivity index (χ0v) is 18.9. The second kappa shape index (κ2) is 9.73. The normalized spacial score (nSPS) is 16.7. The highest BCUT2D eigenvalue weighted by Crippen LogP contribution is 2.25. The van der Waals surface area contributed by atoms with Crippen LogP contribution in [-0.4, -0.2) is 26.5 Å². The standard InChI is InChI=1S/C26H30N4O3/c31-24(28-17-19-8-7-14-27-25(19)33-20-9-4-5-10-20)18-12-13-21-22(16-18)29-23-11-3-1-2-6-15-30(23)26(21)32/h7-8,12-14,16,20H,1-6,9-11,15,17H2,(H,28,31). The number of carbonyl (C=O) groups excluding carboxylic acids is 1. The Morgan fingerprint density at radius 2 is 1.94 bits per heavy atom. The number of aryl methyl sites for hydroxylation is 1. The summed E-state index contributed by atoms with van der Waals surface area (Å²) in [7, 11) is 0. The quantitative estimate of drug-likeness (QED) is 0.636. The van der Waals surface area contributed by atoms with Crippen LogP contribution in [-0.2, 0) is 19.5 Å². The van der Waals surface area contributed by atoms with Crippen molar-refractivity contribution >= 4 is 16.8 Å². The Morgan fingerprint density at radius 3 is 2.82 bits per heavy atom. The molecule has 1 aliphatic heterocycles. The number of fused-ring (bicyclic) bond motifs is 2. The lowest BCUT2D eigenvalue weighted by Gasteiger charge is -2.17. The summed E-state index contributed by atoms with van der Waals surface area (Å²) in [5.74, 6) is 1.21. The van der Waals surface area contributed by atoms with Gasteiger partial charge in [-0.3, -0.25) is 14.2 Å². The molecular formula is C26H30N4O3. The smallest absolute Gasteiger partial charge is 0.261 e. The third kappa shape index (κ3) is 4.77. The summed E-state index contributed by atoms with van der Waals surface area (Å²) >= 11 is 0. The van der Waals surface area contributed by atoms with Crippen molar-refractivity contribution in [2.45, 2.75) is 77.0 Å². The molecule has 2 aliphatic rings. The van der Waals surface area contributed by atoms with Crippen LogP contribution >= 0.6 is 0 Å². The van der Waals surface area contributed by atoms with E-state index in [1.54, 1.807) is 24.4 Å². The van der Waals surface area contributed by atoms with E-state index in [0.717, 1.165) is 62.9 Å². The minimum absolute atomic E-state index is 0.00655. The van der Waals surface area contributed by atoms with E-state index in [9.17, 15) is 9.59 Å². The Hall–Kier alpha value is -3.22. The van der Waals surface area contributed by atoms with Gasteiger partial charge in [-0.15, -0.1) is 0 Å². The molecule has 1 aromatic carbocycles. The number of hydrogen-bond donors (Lipinski definition) is 1. The highest BCUT2D eigenvalue weighted by Gasteiger charge is 2.19. The molecule has 2 aromatic heterocycles. The molecule has 7 heteroatoms. The predicted octanol–water partition coefficient (Wildman–Crippen LogP) is 4.16. The maximum absolute atomic E-state index is 13.0. The van der Waals surface area contributed by atoms with E-state index in [1.807, 2.05) is 16.7 Å². The van der Waals surface area contributed by atoms with Gasteiger partial charge in [-0.1, -0.05) is 18.9 Å². The fourth-order valence-corrected chi connectivity index (χ4v) is 4.84. The second-order valence-corrected chi connectivity index (χ2v) is 9.06. The Kier molecular flexibility index (Phi) is 6.37. The lowest BCUT2D eigenvalue weighted by atomic mass is 10.1. The summed E-state index contributed by atoms with van der Waals surface area (Å²) in [5.41, 5.74) is 1.93. The van der Waals surface area contributed by atoms with Crippen molar-refractivity contribution in [1.29, 1.82) is 0 Å². The van der Waals surface area contributed by atoms with Crippen molar-refractivity contribution in [3.8, 4) is 5.88 Å². The van der Waals surface area contributed by atoms with Crippen LogP contribution in [0.15, 0.2) is 41.3 Å². The summed E-state index contributed by atoms with van der Waals surface area (Å²) in [6, 6.07) is 8.94. The summed E-state index contributed by atoms with van der Waals surface area (Å²) in [6.45, 7) is 1.04. The SMILES string of the molecule is O=C(NCc1cccnc1OC1CCCC1)c1ccc2c(=O)n3c(nc2c1)CCCCCC3. The number of aromatic nitrogens is 3. The molecule has 0 bridgehead atoms. The third-order valence-corrected chi connectivity index (χ3v) is 6.70. The molecule has 0 radical (unpaired) electrons. The van der Waals surface area contributed by atoms with E-state index in [-0.39, 0.29) is 17.6 Å². The topological polar surface area (TPSA) is 86.1 Å². The molecule has 3 aromatic rings. The van der Waals surface area contributed by atoms with E-state index in [0.29, 0.717) is 28.9 Å². The van der Waals surface area contributed by atoms with Crippen molar-refractivity contribution in [2.75, 3.05) is 0 Å². The number of benzene rings is 1. The highest BCUT2D eigenvalue weighted by atomic mass is 16.5. The van der Waals surface area contributed by atoms with Gasteiger partial charge in [-0.2, -0.15) is 0 Å². The maximum Gasteiger partial charge on any atom is 0.261 e. The lowest BCUT2D eigenvalue weighted by Crippen LogP contribution is -2.27. The Morgan fingerprint density at radius 1 is 1.09 bits per heavy atom. The van der Waals surface area contributed by atoms with Crippen molar-refractivity contribution in [2.24, 2.45) is 0 Å². The van der Waals surface area contributed by atoms with Gasteiger partial charge >= 0.3 is 0 Å². The average Bonchev–Trinajstić information content (AvgIpc) is 3.32. The summed E-state index contributed by atoms with van der Waals surface area (Å²) in [6.07, 6.45) is 11.5. The van der Waals surface area contributed by atoms with Gasteiger partial charge < -0.3 is 10.1 Å². The Bertz CT molecular complexity index is 1210. The van der Waals surface area contributed by atoms with Crippen molar-refractivity contribution in [1.82, 2.24) is 19.9 Å². The van der Waals surface area contributed by atoms with Gasteiger partial charge in [0.05, 0.1) is 10.9 Å². The van der Waals surface area contributed by atoms with E-state index < -0.39 is 0 Å². The molecule has 0 saturated heterocycles. The maximum atomic E-state index is 13.0. The fourth-order valence-electron chi connectivity index (χ4n) is 4.84. The molecule has 1 amide bonds. The van der Waals surface area contributed by atoms with Gasteiger partial charge in [-0.25, -0.2) is 9.97 Å². The molecule has 7 nitrogen and oxygen atoms in total. The highest BCUT2D eigenvalue weighted by molar-refractivity contribution is 5.97. The molecule has 1 saturated carbocycles. The van der Waals surface area contributed by atoms with E-state index in [2.05, 4.69) is 10.3 Å². The van der Waals surface area contributed by atoms with Crippen molar-refractivity contribution in [3.63, 3.8) is 0 Å². The molecule has 172 valence electrons. The molecule has 0 unspecified atom stereocenters. The van der Waals surface area contributed by atoms with Gasteiger partial charge in [0.1, 0.15) is 11.9 Å². The largest absolute Gasteiger partial charge is 0.474 e. The number of amides is 1. The van der Waals surface area contributed by atoms with Crippen LogP contribution in [0.25, 0.3) is 10.9 Å². The van der Waals surface area contributed by atoms with Crippen LogP contribution in [0.5, 0.6) is 5.88 Å². The van der Waals surface area contributed by atoms with Crippen molar-refractivity contribution in [3.05, 3.63) is 63.8 Å². The van der Waals surface area contributed by atoms with Gasteiger partial charge in [-0.05, 0) is 62.8 Å². The Balaban J connectivity index is 1.34. The average molecular weight is 447 g/mol. The van der Waals surface area contributed by atoms with Gasteiger partial charge in [0.2, 0.25) is 5.88 Å². The molecular weight excluding hydrogens is 416 g/mol. The molecule has 5 rings (SSSR count). The van der Waals surface area contributed by atoms with E-state index >= 15 is 0 Å². The van der Waals surface area contributed by atoms with Gasteiger partial charge in [0.15, 0.2) is 0 Å². The zero-order valence-electron chi connectivity index (χ0n) is 18.9. The van der Waals surface area contributed by atoms with Gasteiger partial charge in [0.25, 0.3) is 11.5 Å². The first-order chi connectivity index (χ1) is 16.2. The first-order valence-corrected chi connectivity index (χ1v) is 12.1. The predicted molar refractivity (Wildman–Crippen MR) is 126 cm³/mol. The number of carbonyl (C=O) groups is 1. The van der Waals surface area contributed by atoms with Gasteiger partial charge in [0, 0.05) is 36.8 Å². The van der Waals surface area contributed by atoms with Crippen molar-refractivity contribution < 1.29 is 9.53 Å². The molecule has 3 heterocycles. The molecule has 33 heavy (non-hydrogen) atoms. The summed E-state index contributed by atoms with van der Waals surface area (Å²) in [4.78, 5) is 35.1. The molecule has 0 spiro atoms. The van der Waals surface area contributed by atoms with E-state index in [1.165, 1.54) is 12.8 Å². The zero-order chi connectivity index (χ0) is 22.6. The van der Waals surface area contributed by atoms with E-state index in [4.69, 9.17) is 9.72 Å². The number of rotatable bonds is 5. The number of ether oxygens (including phenoxy) is 1. The first-order valence-electron chi connectivity index (χ1n) is 12.1. The summed E-state index contributed by atoms with van der Waals surface area (Å²) in [5, 5.41) is 3.54. The van der Waals surface area contributed by atoms with Crippen LogP contribution in [0.3, 0.4) is 0 Å². The van der Waals surface area contributed by atoms with Crippen LogP contribution in [0.4, 0.5) is 0 Å². The number of pyridine rings is 1. The van der Waals surface area contributed by atoms with Crippen LogP contribution in [0.1, 0.15) is 73.1 Å². The number of nitrogens with zero attached hydrogens (tertiary/aromatic N) is 3. The minimum atomic E-state index is -0.207. The molecule has 1 N–H and O–H groups in total. The minimum Gasteiger partial charge on any atom is -0.474 e. The van der Waals surface area contributed by atoms with Crippen LogP contribution in [0, 0.1) is 0 Å². The van der Waals surface area contributed by atoms with Crippen LogP contribution < -0.4 is 15.6 Å². The fraction of sp³-hybridized carbons (Fsp3) is 0.462. The number of hydrogen-bond acceptors (Lipinski definition) is 5.